The normalized spacial score (nSPS) is 18.1. The van der Waals surface area contributed by atoms with Gasteiger partial charge in [0.15, 0.2) is 6.29 Å². The molecule has 1 saturated heterocycles. The maximum absolute atomic E-state index is 12.7. The standard InChI is InChI=1S/C27H28Cl2O6S/c1-19-9-12-23(13-10-19)36(30,31)35-25-7-3-2-5-20(25)15-16-32-27-8-4-6-22(34-27)18-33-26-14-11-21(28)17-24(26)29/h2-3,5,7,9-14,17,22,27H,4,6,8,15-16,18H2,1H3. The summed E-state index contributed by atoms with van der Waals surface area (Å²) in [7, 11) is -3.94. The number of hydrogen-bond acceptors (Lipinski definition) is 6. The van der Waals surface area contributed by atoms with Crippen LogP contribution in [-0.2, 0) is 26.0 Å². The molecule has 0 aromatic heterocycles. The number of aryl methyl sites for hydroxylation is 1. The number of rotatable bonds is 10. The van der Waals surface area contributed by atoms with Crippen LogP contribution in [0.2, 0.25) is 10.0 Å². The minimum absolute atomic E-state index is 0.114. The summed E-state index contributed by atoms with van der Waals surface area (Å²) >= 11 is 12.1. The second kappa shape index (κ2) is 12.3. The van der Waals surface area contributed by atoms with E-state index in [2.05, 4.69) is 0 Å². The van der Waals surface area contributed by atoms with Gasteiger partial charge in [-0.2, -0.15) is 8.42 Å². The van der Waals surface area contributed by atoms with Crippen LogP contribution in [0.3, 0.4) is 0 Å². The van der Waals surface area contributed by atoms with Crippen molar-refractivity contribution in [1.29, 1.82) is 0 Å². The van der Waals surface area contributed by atoms with E-state index in [-0.39, 0.29) is 23.0 Å². The van der Waals surface area contributed by atoms with Crippen LogP contribution in [0.4, 0.5) is 0 Å². The first kappa shape index (κ1) is 26.8. The molecule has 3 aromatic carbocycles. The first-order valence-corrected chi connectivity index (χ1v) is 13.9. The zero-order valence-electron chi connectivity index (χ0n) is 19.9. The third-order valence-electron chi connectivity index (χ3n) is 5.79. The van der Waals surface area contributed by atoms with E-state index in [1.165, 1.54) is 12.1 Å². The molecule has 0 aliphatic carbocycles. The molecule has 1 fully saturated rings. The summed E-state index contributed by atoms with van der Waals surface area (Å²) in [5.41, 5.74) is 1.71. The number of para-hydroxylation sites is 1. The van der Waals surface area contributed by atoms with Crippen molar-refractivity contribution in [1.82, 2.24) is 0 Å². The fourth-order valence-electron chi connectivity index (χ4n) is 3.85. The van der Waals surface area contributed by atoms with Gasteiger partial charge < -0.3 is 18.4 Å². The van der Waals surface area contributed by atoms with Gasteiger partial charge in [0.1, 0.15) is 23.0 Å². The molecule has 0 amide bonds. The van der Waals surface area contributed by atoms with Gasteiger partial charge in [-0.3, -0.25) is 0 Å². The predicted octanol–water partition coefficient (Wildman–Crippen LogP) is 6.60. The molecule has 6 nitrogen and oxygen atoms in total. The van der Waals surface area contributed by atoms with Crippen LogP contribution in [0.25, 0.3) is 0 Å². The number of halogens is 2. The molecule has 1 aliphatic heterocycles. The van der Waals surface area contributed by atoms with E-state index in [1.54, 1.807) is 42.5 Å². The maximum Gasteiger partial charge on any atom is 0.339 e. The third kappa shape index (κ3) is 7.37. The van der Waals surface area contributed by atoms with Crippen molar-refractivity contribution in [3.8, 4) is 11.5 Å². The van der Waals surface area contributed by atoms with Gasteiger partial charge in [-0.05, 0) is 74.6 Å². The largest absolute Gasteiger partial charge is 0.489 e. The molecule has 2 atom stereocenters. The van der Waals surface area contributed by atoms with Crippen molar-refractivity contribution in [3.63, 3.8) is 0 Å². The zero-order chi connectivity index (χ0) is 25.5. The summed E-state index contributed by atoms with van der Waals surface area (Å²) < 4.78 is 48.7. The van der Waals surface area contributed by atoms with Crippen molar-refractivity contribution in [3.05, 3.63) is 87.9 Å². The zero-order valence-corrected chi connectivity index (χ0v) is 22.2. The SMILES string of the molecule is Cc1ccc(S(=O)(=O)Oc2ccccc2CCOC2CCCC(COc3ccc(Cl)cc3Cl)O2)cc1. The molecular weight excluding hydrogens is 523 g/mol. The van der Waals surface area contributed by atoms with E-state index in [9.17, 15) is 8.42 Å². The molecule has 9 heteroatoms. The van der Waals surface area contributed by atoms with Gasteiger partial charge >= 0.3 is 10.1 Å². The molecule has 0 spiro atoms. The highest BCUT2D eigenvalue weighted by atomic mass is 35.5. The van der Waals surface area contributed by atoms with Crippen LogP contribution >= 0.6 is 23.2 Å². The Bertz CT molecular complexity index is 1260. The average molecular weight is 551 g/mol. The van der Waals surface area contributed by atoms with Crippen molar-refractivity contribution in [2.24, 2.45) is 0 Å². The van der Waals surface area contributed by atoms with Gasteiger partial charge in [0, 0.05) is 5.02 Å². The molecule has 3 aromatic rings. The van der Waals surface area contributed by atoms with Gasteiger partial charge in [-0.25, -0.2) is 0 Å². The Hall–Kier alpha value is -2.29. The van der Waals surface area contributed by atoms with Crippen molar-refractivity contribution >= 4 is 33.3 Å². The lowest BCUT2D eigenvalue weighted by atomic mass is 10.1. The van der Waals surface area contributed by atoms with Crippen LogP contribution in [0.5, 0.6) is 11.5 Å². The van der Waals surface area contributed by atoms with E-state index in [0.29, 0.717) is 35.4 Å². The van der Waals surface area contributed by atoms with Crippen LogP contribution in [0.15, 0.2) is 71.6 Å². The Morgan fingerprint density at radius 2 is 1.75 bits per heavy atom. The van der Waals surface area contributed by atoms with Gasteiger partial charge in [-0.1, -0.05) is 59.1 Å². The van der Waals surface area contributed by atoms with Gasteiger partial charge in [-0.15, -0.1) is 0 Å². The summed E-state index contributed by atoms with van der Waals surface area (Å²) in [4.78, 5) is 0.114. The molecule has 4 rings (SSSR count). The molecule has 2 unspecified atom stereocenters. The van der Waals surface area contributed by atoms with Gasteiger partial charge in [0.25, 0.3) is 0 Å². The quantitative estimate of drug-likeness (QED) is 0.265. The first-order valence-electron chi connectivity index (χ1n) is 11.7. The summed E-state index contributed by atoms with van der Waals surface area (Å²) in [6.07, 6.45) is 2.57. The van der Waals surface area contributed by atoms with Crippen LogP contribution in [0, 0.1) is 6.92 Å². The summed E-state index contributed by atoms with van der Waals surface area (Å²) in [5.74, 6) is 0.849. The molecular formula is C27H28Cl2O6S. The van der Waals surface area contributed by atoms with Crippen LogP contribution in [0.1, 0.15) is 30.4 Å². The Balaban J connectivity index is 1.29. The van der Waals surface area contributed by atoms with E-state index >= 15 is 0 Å². The highest BCUT2D eigenvalue weighted by molar-refractivity contribution is 7.87. The molecule has 192 valence electrons. The molecule has 0 N–H and O–H groups in total. The highest BCUT2D eigenvalue weighted by Gasteiger charge is 2.24. The van der Waals surface area contributed by atoms with Crippen molar-refractivity contribution in [2.45, 2.75) is 49.9 Å². The predicted molar refractivity (Wildman–Crippen MR) is 140 cm³/mol. The fraction of sp³-hybridized carbons (Fsp3) is 0.333. The second-order valence-corrected chi connectivity index (χ2v) is 11.0. The number of hydrogen-bond donors (Lipinski definition) is 0. The monoisotopic (exact) mass is 550 g/mol. The fourth-order valence-corrected chi connectivity index (χ4v) is 5.27. The topological polar surface area (TPSA) is 71.1 Å². The van der Waals surface area contributed by atoms with Gasteiger partial charge in [0.2, 0.25) is 0 Å². The van der Waals surface area contributed by atoms with E-state index in [1.807, 2.05) is 19.1 Å². The smallest absolute Gasteiger partial charge is 0.339 e. The summed E-state index contributed by atoms with van der Waals surface area (Å²) in [6.45, 7) is 2.61. The highest BCUT2D eigenvalue weighted by Crippen LogP contribution is 2.29. The van der Waals surface area contributed by atoms with Crippen molar-refractivity contribution < 1.29 is 26.8 Å². The Labute approximate surface area is 222 Å². The minimum atomic E-state index is -3.94. The molecule has 36 heavy (non-hydrogen) atoms. The Kier molecular flexibility index (Phi) is 9.14. The van der Waals surface area contributed by atoms with E-state index < -0.39 is 10.1 Å². The number of benzene rings is 3. The van der Waals surface area contributed by atoms with E-state index in [0.717, 1.165) is 30.4 Å². The maximum atomic E-state index is 12.7. The van der Waals surface area contributed by atoms with Gasteiger partial charge in [0.05, 0.1) is 17.7 Å². The molecule has 0 radical (unpaired) electrons. The Morgan fingerprint density at radius 3 is 2.53 bits per heavy atom. The first-order chi connectivity index (χ1) is 17.3. The summed E-state index contributed by atoms with van der Waals surface area (Å²) in [6, 6.07) is 18.7. The molecule has 0 bridgehead atoms. The molecule has 1 heterocycles. The lowest BCUT2D eigenvalue weighted by Crippen LogP contribution is -2.34. The molecule has 1 aliphatic rings. The third-order valence-corrected chi connectivity index (χ3v) is 7.56. The van der Waals surface area contributed by atoms with Crippen LogP contribution < -0.4 is 8.92 Å². The van der Waals surface area contributed by atoms with Crippen LogP contribution in [-0.4, -0.2) is 34.0 Å². The second-order valence-electron chi connectivity index (χ2n) is 8.58. The lowest BCUT2D eigenvalue weighted by molar-refractivity contribution is -0.198. The summed E-state index contributed by atoms with van der Waals surface area (Å²) in [5, 5.41) is 1.01. The molecule has 0 saturated carbocycles. The number of ether oxygens (including phenoxy) is 3. The minimum Gasteiger partial charge on any atom is -0.489 e. The Morgan fingerprint density at radius 1 is 0.972 bits per heavy atom. The average Bonchev–Trinajstić information content (AvgIpc) is 2.85. The lowest BCUT2D eigenvalue weighted by Gasteiger charge is -2.30. The van der Waals surface area contributed by atoms with Crippen molar-refractivity contribution in [2.75, 3.05) is 13.2 Å². The van der Waals surface area contributed by atoms with E-state index in [4.69, 9.17) is 41.6 Å².